The average molecular weight is 233 g/mol. The zero-order valence-corrected chi connectivity index (χ0v) is 10.0. The molecule has 3 nitrogen and oxygen atoms in total. The largest absolute Gasteiger partial charge is 0.310 e. The Labute approximate surface area is 100 Å². The third-order valence-corrected chi connectivity index (χ3v) is 2.49. The maximum atomic E-state index is 13.3. The predicted octanol–water partition coefficient (Wildman–Crippen LogP) is 2.51. The molecule has 1 N–H and O–H groups in total. The Bertz CT molecular complexity index is 477. The second-order valence-electron chi connectivity index (χ2n) is 4.26. The van der Waals surface area contributed by atoms with E-state index < -0.39 is 0 Å². The lowest BCUT2D eigenvalue weighted by molar-refractivity contribution is 0.578. The van der Waals surface area contributed by atoms with E-state index in [2.05, 4.69) is 24.3 Å². The van der Waals surface area contributed by atoms with E-state index in [4.69, 9.17) is 0 Å². The van der Waals surface area contributed by atoms with Gasteiger partial charge in [-0.2, -0.15) is 5.10 Å². The van der Waals surface area contributed by atoms with E-state index >= 15 is 0 Å². The van der Waals surface area contributed by atoms with Crippen molar-refractivity contribution in [2.24, 2.45) is 0 Å². The van der Waals surface area contributed by atoms with Gasteiger partial charge in [-0.25, -0.2) is 9.07 Å². The number of nitrogens with one attached hydrogen (secondary N) is 1. The molecule has 4 heteroatoms. The number of hydrogen-bond donors (Lipinski definition) is 1. The second-order valence-corrected chi connectivity index (χ2v) is 4.26. The van der Waals surface area contributed by atoms with E-state index in [-0.39, 0.29) is 5.82 Å². The fourth-order valence-corrected chi connectivity index (χ4v) is 1.64. The summed E-state index contributed by atoms with van der Waals surface area (Å²) in [5.74, 6) is -0.221. The van der Waals surface area contributed by atoms with Gasteiger partial charge in [0.05, 0.1) is 5.69 Å². The number of rotatable bonds is 4. The van der Waals surface area contributed by atoms with Crippen LogP contribution < -0.4 is 5.32 Å². The van der Waals surface area contributed by atoms with Crippen LogP contribution in [0.2, 0.25) is 0 Å². The number of aromatic nitrogens is 2. The first-order valence-electron chi connectivity index (χ1n) is 5.68. The maximum Gasteiger partial charge on any atom is 0.123 e. The molecule has 0 aliphatic heterocycles. The molecule has 0 saturated heterocycles. The van der Waals surface area contributed by atoms with Gasteiger partial charge in [0.25, 0.3) is 0 Å². The summed E-state index contributed by atoms with van der Waals surface area (Å²) in [6, 6.07) is 6.97. The molecule has 0 aliphatic rings. The van der Waals surface area contributed by atoms with Gasteiger partial charge in [0.1, 0.15) is 5.82 Å². The van der Waals surface area contributed by atoms with Crippen LogP contribution in [-0.2, 0) is 6.54 Å². The molecule has 1 heterocycles. The van der Waals surface area contributed by atoms with Crippen molar-refractivity contribution in [2.75, 3.05) is 0 Å². The van der Waals surface area contributed by atoms with Crippen LogP contribution in [0, 0.1) is 5.82 Å². The van der Waals surface area contributed by atoms with E-state index in [9.17, 15) is 4.39 Å². The summed E-state index contributed by atoms with van der Waals surface area (Å²) in [5.41, 5.74) is 1.81. The Hall–Kier alpha value is -1.68. The minimum atomic E-state index is -0.221. The van der Waals surface area contributed by atoms with E-state index in [1.165, 1.54) is 6.07 Å². The Morgan fingerprint density at radius 1 is 1.41 bits per heavy atom. The van der Waals surface area contributed by atoms with Crippen LogP contribution in [-0.4, -0.2) is 15.8 Å². The molecule has 0 radical (unpaired) electrons. The molecule has 0 bridgehead atoms. The lowest BCUT2D eigenvalue weighted by Crippen LogP contribution is -2.22. The minimum Gasteiger partial charge on any atom is -0.310 e. The molecule has 0 fully saturated rings. The molecule has 2 aromatic rings. The van der Waals surface area contributed by atoms with Crippen molar-refractivity contribution < 1.29 is 4.39 Å². The zero-order chi connectivity index (χ0) is 12.3. The predicted molar refractivity (Wildman–Crippen MR) is 65.5 cm³/mol. The average Bonchev–Trinajstić information content (AvgIpc) is 2.80. The fraction of sp³-hybridized carbons (Fsp3) is 0.308. The quantitative estimate of drug-likeness (QED) is 0.879. The van der Waals surface area contributed by atoms with E-state index in [0.29, 0.717) is 12.6 Å². The Morgan fingerprint density at radius 2 is 2.24 bits per heavy atom. The highest BCUT2D eigenvalue weighted by Gasteiger charge is 2.06. The standard InChI is InChI=1S/C13H16FN3/c1-10(2)15-9-11-8-12(14)4-5-13(11)17-7-3-6-16-17/h3-8,10,15H,9H2,1-2H3. The smallest absolute Gasteiger partial charge is 0.123 e. The van der Waals surface area contributed by atoms with Crippen molar-refractivity contribution in [3.63, 3.8) is 0 Å². The van der Waals surface area contributed by atoms with E-state index in [1.807, 2.05) is 12.3 Å². The van der Waals surface area contributed by atoms with Gasteiger partial charge in [0.2, 0.25) is 0 Å². The molecule has 1 aromatic heterocycles. The van der Waals surface area contributed by atoms with Gasteiger partial charge in [-0.15, -0.1) is 0 Å². The molecule has 0 aliphatic carbocycles. The first-order chi connectivity index (χ1) is 8.16. The summed E-state index contributed by atoms with van der Waals surface area (Å²) < 4.78 is 15.0. The fourth-order valence-electron chi connectivity index (χ4n) is 1.64. The van der Waals surface area contributed by atoms with E-state index in [0.717, 1.165) is 11.3 Å². The number of hydrogen-bond acceptors (Lipinski definition) is 2. The number of nitrogens with zero attached hydrogens (tertiary/aromatic N) is 2. The first-order valence-corrected chi connectivity index (χ1v) is 5.68. The SMILES string of the molecule is CC(C)NCc1cc(F)ccc1-n1cccn1. The van der Waals surface area contributed by atoms with E-state index in [1.54, 1.807) is 23.0 Å². The van der Waals surface area contributed by atoms with Crippen LogP contribution >= 0.6 is 0 Å². The van der Waals surface area contributed by atoms with Gasteiger partial charge < -0.3 is 5.32 Å². The molecule has 0 atom stereocenters. The topological polar surface area (TPSA) is 29.9 Å². The van der Waals surface area contributed by atoms with Gasteiger partial charge in [-0.3, -0.25) is 0 Å². The molecule has 0 spiro atoms. The molecule has 2 rings (SSSR count). The Kier molecular flexibility index (Phi) is 3.54. The van der Waals surface area contributed by atoms with Crippen LogP contribution in [0.5, 0.6) is 0 Å². The lowest BCUT2D eigenvalue weighted by Gasteiger charge is -2.12. The summed E-state index contributed by atoms with van der Waals surface area (Å²) in [4.78, 5) is 0. The third-order valence-electron chi connectivity index (χ3n) is 2.49. The van der Waals surface area contributed by atoms with Crippen LogP contribution in [0.15, 0.2) is 36.7 Å². The molecular weight excluding hydrogens is 217 g/mol. The number of benzene rings is 1. The second kappa shape index (κ2) is 5.10. The Morgan fingerprint density at radius 3 is 2.88 bits per heavy atom. The van der Waals surface area contributed by atoms with Crippen molar-refractivity contribution in [3.05, 3.63) is 48.0 Å². The first kappa shape index (κ1) is 11.8. The highest BCUT2D eigenvalue weighted by atomic mass is 19.1. The summed E-state index contributed by atoms with van der Waals surface area (Å²) in [6.07, 6.45) is 3.56. The van der Waals surface area contributed by atoms with Gasteiger partial charge in [0.15, 0.2) is 0 Å². The van der Waals surface area contributed by atoms with Crippen molar-refractivity contribution in [2.45, 2.75) is 26.4 Å². The molecule has 17 heavy (non-hydrogen) atoms. The highest BCUT2D eigenvalue weighted by Crippen LogP contribution is 2.15. The maximum absolute atomic E-state index is 13.3. The summed E-state index contributed by atoms with van der Waals surface area (Å²) in [7, 11) is 0. The van der Waals surface area contributed by atoms with Crippen LogP contribution in [0.3, 0.4) is 0 Å². The van der Waals surface area contributed by atoms with Crippen LogP contribution in [0.25, 0.3) is 5.69 Å². The summed E-state index contributed by atoms with van der Waals surface area (Å²) in [6.45, 7) is 4.75. The lowest BCUT2D eigenvalue weighted by atomic mass is 10.1. The molecule has 1 aromatic carbocycles. The van der Waals surface area contributed by atoms with Gasteiger partial charge in [-0.05, 0) is 29.8 Å². The molecule has 0 saturated carbocycles. The summed E-state index contributed by atoms with van der Waals surface area (Å²) in [5, 5.41) is 7.45. The van der Waals surface area contributed by atoms with Gasteiger partial charge in [0, 0.05) is 25.0 Å². The van der Waals surface area contributed by atoms with Gasteiger partial charge in [-0.1, -0.05) is 13.8 Å². The third kappa shape index (κ3) is 2.91. The van der Waals surface area contributed by atoms with Crippen LogP contribution in [0.1, 0.15) is 19.4 Å². The normalized spacial score (nSPS) is 11.1. The highest BCUT2D eigenvalue weighted by molar-refractivity contribution is 5.40. The van der Waals surface area contributed by atoms with Crippen molar-refractivity contribution >= 4 is 0 Å². The minimum absolute atomic E-state index is 0.221. The molecule has 90 valence electrons. The zero-order valence-electron chi connectivity index (χ0n) is 10.0. The summed E-state index contributed by atoms with van der Waals surface area (Å²) >= 11 is 0. The molecule has 0 amide bonds. The molecular formula is C13H16FN3. The number of halogens is 1. The monoisotopic (exact) mass is 233 g/mol. The Balaban J connectivity index is 2.31. The van der Waals surface area contributed by atoms with Crippen molar-refractivity contribution in [1.29, 1.82) is 0 Å². The van der Waals surface area contributed by atoms with Crippen molar-refractivity contribution in [1.82, 2.24) is 15.1 Å². The van der Waals surface area contributed by atoms with Crippen LogP contribution in [0.4, 0.5) is 4.39 Å². The van der Waals surface area contributed by atoms with Gasteiger partial charge >= 0.3 is 0 Å². The molecule has 0 unspecified atom stereocenters. The van der Waals surface area contributed by atoms with Crippen molar-refractivity contribution in [3.8, 4) is 5.69 Å².